The fourth-order valence-corrected chi connectivity index (χ4v) is 2.06. The van der Waals surface area contributed by atoms with Crippen molar-refractivity contribution >= 4 is 11.5 Å². The number of hydrogen-bond donors (Lipinski definition) is 1. The lowest BCUT2D eigenvalue weighted by molar-refractivity contribution is 0.409. The molecule has 0 aliphatic rings. The number of ether oxygens (including phenoxy) is 1. The molecule has 0 atom stereocenters. The van der Waals surface area contributed by atoms with Gasteiger partial charge in [0.1, 0.15) is 5.75 Å². The molecule has 1 heterocycles. The van der Waals surface area contributed by atoms with Crippen molar-refractivity contribution in [1.82, 2.24) is 14.9 Å². The van der Waals surface area contributed by atoms with E-state index in [4.69, 9.17) is 4.74 Å². The molecule has 2 aromatic rings. The number of methoxy groups -OCH3 is 1. The van der Waals surface area contributed by atoms with Crippen LogP contribution in [-0.2, 0) is 13.0 Å². The van der Waals surface area contributed by atoms with Crippen molar-refractivity contribution in [2.24, 2.45) is 0 Å². The molecule has 1 aromatic carbocycles. The number of nitrogens with zero attached hydrogens (tertiary/aromatic N) is 2. The van der Waals surface area contributed by atoms with Crippen LogP contribution in [-0.4, -0.2) is 23.2 Å². The smallest absolute Gasteiger partial charge is 0.122 e. The molecule has 0 amide bonds. The fraction of sp³-hybridized carbons (Fsp3) is 0.333. The zero-order valence-corrected chi connectivity index (χ0v) is 10.5. The van der Waals surface area contributed by atoms with Crippen LogP contribution in [0.25, 0.3) is 0 Å². The van der Waals surface area contributed by atoms with Gasteiger partial charge in [0.15, 0.2) is 0 Å². The van der Waals surface area contributed by atoms with E-state index in [1.165, 1.54) is 17.1 Å². The van der Waals surface area contributed by atoms with Crippen molar-refractivity contribution in [3.63, 3.8) is 0 Å². The average Bonchev–Trinajstić information content (AvgIpc) is 2.88. The second-order valence-electron chi connectivity index (χ2n) is 3.63. The second kappa shape index (κ2) is 6.32. The molecule has 2 rings (SSSR count). The van der Waals surface area contributed by atoms with Crippen LogP contribution in [0, 0.1) is 0 Å². The minimum Gasteiger partial charge on any atom is -0.496 e. The zero-order chi connectivity index (χ0) is 11.9. The number of aromatic nitrogens is 2. The summed E-state index contributed by atoms with van der Waals surface area (Å²) in [6.07, 6.45) is 0.946. The van der Waals surface area contributed by atoms with Gasteiger partial charge in [-0.3, -0.25) is 0 Å². The molecule has 0 fully saturated rings. The Bertz CT molecular complexity index is 445. The van der Waals surface area contributed by atoms with E-state index in [0.29, 0.717) is 0 Å². The van der Waals surface area contributed by atoms with E-state index in [2.05, 4.69) is 21.0 Å². The lowest BCUT2D eigenvalue weighted by Gasteiger charge is -2.08. The highest BCUT2D eigenvalue weighted by molar-refractivity contribution is 7.03. The van der Waals surface area contributed by atoms with Gasteiger partial charge in [-0.2, -0.15) is 0 Å². The molecule has 0 aliphatic carbocycles. The summed E-state index contributed by atoms with van der Waals surface area (Å²) in [6, 6.07) is 8.09. The van der Waals surface area contributed by atoms with Gasteiger partial charge in [0, 0.05) is 11.9 Å². The molecule has 0 aliphatic heterocycles. The van der Waals surface area contributed by atoms with Gasteiger partial charge in [0.05, 0.1) is 12.8 Å². The third-order valence-electron chi connectivity index (χ3n) is 2.47. The highest BCUT2D eigenvalue weighted by Gasteiger charge is 2.01. The molecule has 0 saturated carbocycles. The largest absolute Gasteiger partial charge is 0.496 e. The number of rotatable bonds is 6. The van der Waals surface area contributed by atoms with Crippen LogP contribution in [0.15, 0.2) is 29.6 Å². The Morgan fingerprint density at radius 3 is 3.00 bits per heavy atom. The minimum absolute atomic E-state index is 0.769. The molecule has 0 saturated heterocycles. The number of para-hydroxylation sites is 1. The molecule has 0 unspecified atom stereocenters. The third kappa shape index (κ3) is 3.51. The van der Waals surface area contributed by atoms with Crippen LogP contribution < -0.4 is 10.1 Å². The maximum Gasteiger partial charge on any atom is 0.122 e. The Labute approximate surface area is 105 Å². The van der Waals surface area contributed by atoms with Crippen LogP contribution in [0.2, 0.25) is 0 Å². The molecule has 0 spiro atoms. The topological polar surface area (TPSA) is 47.0 Å². The summed E-state index contributed by atoms with van der Waals surface area (Å²) in [6.45, 7) is 1.67. The van der Waals surface area contributed by atoms with Crippen molar-refractivity contribution < 1.29 is 4.74 Å². The Kier molecular flexibility index (Phi) is 4.46. The summed E-state index contributed by atoms with van der Waals surface area (Å²) in [5, 5.41) is 9.27. The Balaban J connectivity index is 1.78. The van der Waals surface area contributed by atoms with Crippen LogP contribution in [0.1, 0.15) is 11.3 Å². The number of benzene rings is 1. The summed E-state index contributed by atoms with van der Waals surface area (Å²) >= 11 is 1.38. The first-order valence-corrected chi connectivity index (χ1v) is 6.32. The summed E-state index contributed by atoms with van der Waals surface area (Å²) in [4.78, 5) is 0. The van der Waals surface area contributed by atoms with Crippen LogP contribution in [0.3, 0.4) is 0 Å². The lowest BCUT2D eigenvalue weighted by atomic mass is 10.1. The van der Waals surface area contributed by atoms with E-state index >= 15 is 0 Å². The molecule has 0 bridgehead atoms. The zero-order valence-electron chi connectivity index (χ0n) is 9.72. The van der Waals surface area contributed by atoms with Gasteiger partial charge in [-0.25, -0.2) is 0 Å². The predicted molar refractivity (Wildman–Crippen MR) is 68.3 cm³/mol. The van der Waals surface area contributed by atoms with Crippen molar-refractivity contribution in [3.05, 3.63) is 40.9 Å². The molecule has 1 N–H and O–H groups in total. The highest BCUT2D eigenvalue weighted by atomic mass is 32.1. The average molecular weight is 249 g/mol. The van der Waals surface area contributed by atoms with Gasteiger partial charge in [-0.05, 0) is 36.1 Å². The molecule has 4 nitrogen and oxygen atoms in total. The molecule has 5 heteroatoms. The van der Waals surface area contributed by atoms with Crippen LogP contribution in [0.5, 0.6) is 5.75 Å². The van der Waals surface area contributed by atoms with E-state index in [-0.39, 0.29) is 0 Å². The predicted octanol–water partition coefficient (Wildman–Crippen LogP) is 1.88. The first-order valence-electron chi connectivity index (χ1n) is 5.48. The van der Waals surface area contributed by atoms with Crippen molar-refractivity contribution in [3.8, 4) is 5.75 Å². The Hall–Kier alpha value is -1.46. The Morgan fingerprint density at radius 1 is 1.35 bits per heavy atom. The SMILES string of the molecule is COc1ccccc1CCNCc1csnn1. The molecule has 17 heavy (non-hydrogen) atoms. The van der Waals surface area contributed by atoms with E-state index in [1.807, 2.05) is 23.6 Å². The third-order valence-corrected chi connectivity index (χ3v) is 3.03. The van der Waals surface area contributed by atoms with Crippen molar-refractivity contribution in [2.45, 2.75) is 13.0 Å². The maximum absolute atomic E-state index is 5.30. The second-order valence-corrected chi connectivity index (χ2v) is 4.24. The van der Waals surface area contributed by atoms with Crippen molar-refractivity contribution in [2.75, 3.05) is 13.7 Å². The minimum atomic E-state index is 0.769. The van der Waals surface area contributed by atoms with Gasteiger partial charge < -0.3 is 10.1 Å². The summed E-state index contributed by atoms with van der Waals surface area (Å²) in [7, 11) is 1.70. The Morgan fingerprint density at radius 2 is 2.24 bits per heavy atom. The van der Waals surface area contributed by atoms with E-state index < -0.39 is 0 Å². The number of nitrogens with one attached hydrogen (secondary N) is 1. The molecular formula is C12H15N3OS. The summed E-state index contributed by atoms with van der Waals surface area (Å²) < 4.78 is 9.12. The van der Waals surface area contributed by atoms with Crippen LogP contribution >= 0.6 is 11.5 Å². The monoisotopic (exact) mass is 249 g/mol. The molecular weight excluding hydrogens is 234 g/mol. The highest BCUT2D eigenvalue weighted by Crippen LogP contribution is 2.17. The van der Waals surface area contributed by atoms with E-state index in [0.717, 1.165) is 31.0 Å². The van der Waals surface area contributed by atoms with Crippen LogP contribution in [0.4, 0.5) is 0 Å². The molecule has 0 radical (unpaired) electrons. The molecule has 1 aromatic heterocycles. The lowest BCUT2D eigenvalue weighted by Crippen LogP contribution is -2.17. The first-order chi connectivity index (χ1) is 8.40. The normalized spacial score (nSPS) is 10.4. The maximum atomic E-state index is 5.30. The van der Waals surface area contributed by atoms with Gasteiger partial charge in [-0.15, -0.1) is 5.10 Å². The molecule has 90 valence electrons. The summed E-state index contributed by atoms with van der Waals surface area (Å²) in [5.74, 6) is 0.949. The number of hydrogen-bond acceptors (Lipinski definition) is 5. The van der Waals surface area contributed by atoms with Gasteiger partial charge >= 0.3 is 0 Å². The quantitative estimate of drug-likeness (QED) is 0.794. The fourth-order valence-electron chi connectivity index (χ4n) is 1.61. The van der Waals surface area contributed by atoms with Gasteiger partial charge in [0.2, 0.25) is 0 Å². The first kappa shape index (κ1) is 12.0. The van der Waals surface area contributed by atoms with Crippen molar-refractivity contribution in [1.29, 1.82) is 0 Å². The van der Waals surface area contributed by atoms with Gasteiger partial charge in [-0.1, -0.05) is 22.7 Å². The van der Waals surface area contributed by atoms with E-state index in [9.17, 15) is 0 Å². The standard InChI is InChI=1S/C12H15N3OS/c1-16-12-5-3-2-4-10(12)6-7-13-8-11-9-17-15-14-11/h2-5,9,13H,6-8H2,1H3. The van der Waals surface area contributed by atoms with E-state index in [1.54, 1.807) is 7.11 Å². The summed E-state index contributed by atoms with van der Waals surface area (Å²) in [5.41, 5.74) is 2.22. The van der Waals surface area contributed by atoms with Gasteiger partial charge in [0.25, 0.3) is 0 Å².